The maximum atomic E-state index is 12.9. The Morgan fingerprint density at radius 2 is 1.76 bits per heavy atom. The number of alkyl halides is 3. The molecule has 0 N–H and O–H groups in total. The minimum Gasteiger partial charge on any atom is -0.299 e. The highest BCUT2D eigenvalue weighted by atomic mass is 19.4. The van der Waals surface area contributed by atoms with Crippen molar-refractivity contribution in [1.82, 2.24) is 4.90 Å². The van der Waals surface area contributed by atoms with Crippen LogP contribution in [0.25, 0.3) is 5.57 Å². The lowest BCUT2D eigenvalue weighted by molar-refractivity contribution is -0.137. The van der Waals surface area contributed by atoms with Crippen LogP contribution in [0.1, 0.15) is 53.5 Å². The van der Waals surface area contributed by atoms with Gasteiger partial charge in [0.15, 0.2) is 0 Å². The Hall–Kier alpha value is -2.07. The predicted molar refractivity (Wildman–Crippen MR) is 112 cm³/mol. The average molecular weight is 400 g/mol. The van der Waals surface area contributed by atoms with E-state index in [-0.39, 0.29) is 0 Å². The smallest absolute Gasteiger partial charge is 0.299 e. The number of hydrogen-bond donors (Lipinski definition) is 0. The normalized spacial score (nSPS) is 17.3. The molecule has 0 atom stereocenters. The van der Waals surface area contributed by atoms with Gasteiger partial charge < -0.3 is 0 Å². The molecule has 0 saturated carbocycles. The second-order valence-electron chi connectivity index (χ2n) is 8.27. The molecule has 0 bridgehead atoms. The van der Waals surface area contributed by atoms with Crippen molar-refractivity contribution in [2.75, 3.05) is 19.6 Å². The standard InChI is InChI=1S/C25H28F3N/c26-25(27,28)24-9-4-8-23(18-24)21-12-15-29(16-13-21)14-2-1-5-19-10-11-20-6-3-7-22(20)17-19/h4,8-12,17-18H,1-3,5-7,13-16H2. The summed E-state index contributed by atoms with van der Waals surface area (Å²) in [5, 5.41) is 0. The molecule has 2 aromatic carbocycles. The monoisotopic (exact) mass is 399 g/mol. The molecule has 0 unspecified atom stereocenters. The van der Waals surface area contributed by atoms with Crippen LogP contribution in [-0.4, -0.2) is 24.5 Å². The lowest BCUT2D eigenvalue weighted by atomic mass is 9.97. The first-order chi connectivity index (χ1) is 14.0. The number of benzene rings is 2. The number of unbranched alkanes of at least 4 members (excludes halogenated alkanes) is 1. The van der Waals surface area contributed by atoms with Gasteiger partial charge in [-0.15, -0.1) is 0 Å². The van der Waals surface area contributed by atoms with Gasteiger partial charge in [-0.25, -0.2) is 0 Å². The van der Waals surface area contributed by atoms with Gasteiger partial charge in [-0.1, -0.05) is 36.4 Å². The SMILES string of the molecule is FC(F)(F)c1cccc(C2=CCN(CCCCc3ccc4c(c3)CCC4)CC2)c1. The number of rotatable bonds is 6. The first kappa shape index (κ1) is 20.2. The van der Waals surface area contributed by atoms with Crippen LogP contribution in [0.5, 0.6) is 0 Å². The average Bonchev–Trinajstić information content (AvgIpc) is 3.19. The third-order valence-corrected chi connectivity index (χ3v) is 6.21. The molecule has 0 spiro atoms. The molecule has 29 heavy (non-hydrogen) atoms. The molecule has 0 aromatic heterocycles. The zero-order chi connectivity index (χ0) is 20.3. The number of hydrogen-bond acceptors (Lipinski definition) is 1. The topological polar surface area (TPSA) is 3.24 Å². The molecule has 0 amide bonds. The third-order valence-electron chi connectivity index (χ3n) is 6.21. The molecular formula is C25H28F3N. The Morgan fingerprint density at radius 1 is 0.897 bits per heavy atom. The Balaban J connectivity index is 1.24. The highest BCUT2D eigenvalue weighted by Gasteiger charge is 2.30. The van der Waals surface area contributed by atoms with Crippen molar-refractivity contribution in [3.63, 3.8) is 0 Å². The quantitative estimate of drug-likeness (QED) is 0.515. The summed E-state index contributed by atoms with van der Waals surface area (Å²) in [4.78, 5) is 2.40. The lowest BCUT2D eigenvalue weighted by Crippen LogP contribution is -2.29. The highest BCUT2D eigenvalue weighted by Crippen LogP contribution is 2.32. The molecule has 4 rings (SSSR count). The zero-order valence-electron chi connectivity index (χ0n) is 16.8. The first-order valence-corrected chi connectivity index (χ1v) is 10.7. The van der Waals surface area contributed by atoms with Crippen LogP contribution in [-0.2, 0) is 25.4 Å². The minimum atomic E-state index is -4.28. The second-order valence-corrected chi connectivity index (χ2v) is 8.27. The van der Waals surface area contributed by atoms with Gasteiger partial charge in [0.1, 0.15) is 0 Å². The summed E-state index contributed by atoms with van der Waals surface area (Å²) in [6.45, 7) is 2.79. The molecule has 1 aliphatic carbocycles. The summed E-state index contributed by atoms with van der Waals surface area (Å²) in [5.74, 6) is 0. The van der Waals surface area contributed by atoms with Crippen LogP contribution < -0.4 is 0 Å². The van der Waals surface area contributed by atoms with E-state index >= 15 is 0 Å². The number of nitrogens with zero attached hydrogens (tertiary/aromatic N) is 1. The molecular weight excluding hydrogens is 371 g/mol. The zero-order valence-corrected chi connectivity index (χ0v) is 16.8. The van der Waals surface area contributed by atoms with Crippen LogP contribution in [0, 0.1) is 0 Å². The fraction of sp³-hybridized carbons (Fsp3) is 0.440. The number of fused-ring (bicyclic) bond motifs is 1. The lowest BCUT2D eigenvalue weighted by Gasteiger charge is -2.26. The van der Waals surface area contributed by atoms with Gasteiger partial charge in [0.25, 0.3) is 0 Å². The maximum Gasteiger partial charge on any atom is 0.416 e. The minimum absolute atomic E-state index is 0.565. The summed E-state index contributed by atoms with van der Waals surface area (Å²) in [5.41, 5.74) is 5.71. The van der Waals surface area contributed by atoms with E-state index in [0.717, 1.165) is 50.5 Å². The third kappa shape index (κ3) is 5.11. The summed E-state index contributed by atoms with van der Waals surface area (Å²) in [6, 6.07) is 12.7. The molecule has 0 radical (unpaired) electrons. The van der Waals surface area contributed by atoms with Crippen molar-refractivity contribution in [2.24, 2.45) is 0 Å². The van der Waals surface area contributed by atoms with Crippen molar-refractivity contribution >= 4 is 5.57 Å². The van der Waals surface area contributed by atoms with E-state index in [1.54, 1.807) is 11.6 Å². The first-order valence-electron chi connectivity index (χ1n) is 10.7. The van der Waals surface area contributed by atoms with E-state index in [4.69, 9.17) is 0 Å². The second kappa shape index (κ2) is 8.74. The van der Waals surface area contributed by atoms with Gasteiger partial charge in [-0.3, -0.25) is 4.90 Å². The Morgan fingerprint density at radius 3 is 2.55 bits per heavy atom. The maximum absolute atomic E-state index is 12.9. The Kier molecular flexibility index (Phi) is 6.09. The van der Waals surface area contributed by atoms with Gasteiger partial charge in [0.05, 0.1) is 5.56 Å². The highest BCUT2D eigenvalue weighted by molar-refractivity contribution is 5.67. The van der Waals surface area contributed by atoms with Gasteiger partial charge in [-0.05, 0) is 91.5 Å². The fourth-order valence-electron chi connectivity index (χ4n) is 4.52. The molecule has 1 nitrogen and oxygen atoms in total. The van der Waals surface area contributed by atoms with Crippen LogP contribution in [0.15, 0.2) is 48.5 Å². The van der Waals surface area contributed by atoms with Gasteiger partial charge in [0.2, 0.25) is 0 Å². The molecule has 2 aromatic rings. The van der Waals surface area contributed by atoms with E-state index in [9.17, 15) is 13.2 Å². The van der Waals surface area contributed by atoms with Crippen LogP contribution >= 0.6 is 0 Å². The fourth-order valence-corrected chi connectivity index (χ4v) is 4.52. The van der Waals surface area contributed by atoms with Gasteiger partial charge in [0, 0.05) is 13.1 Å². The Labute approximate surface area is 171 Å². The molecule has 0 saturated heterocycles. The van der Waals surface area contributed by atoms with Crippen molar-refractivity contribution in [3.8, 4) is 0 Å². The Bertz CT molecular complexity index is 882. The van der Waals surface area contributed by atoms with E-state index in [1.165, 1.54) is 48.9 Å². The van der Waals surface area contributed by atoms with Crippen molar-refractivity contribution in [1.29, 1.82) is 0 Å². The number of aryl methyl sites for hydroxylation is 3. The number of halogens is 3. The van der Waals surface area contributed by atoms with Crippen molar-refractivity contribution < 1.29 is 13.2 Å². The van der Waals surface area contributed by atoms with Crippen molar-refractivity contribution in [3.05, 3.63) is 76.4 Å². The van der Waals surface area contributed by atoms with Crippen LogP contribution in [0.4, 0.5) is 13.2 Å². The van der Waals surface area contributed by atoms with E-state index in [1.807, 2.05) is 0 Å². The summed E-state index contributed by atoms with van der Waals surface area (Å²) in [7, 11) is 0. The molecule has 1 heterocycles. The molecule has 4 heteroatoms. The van der Waals surface area contributed by atoms with Gasteiger partial charge in [-0.2, -0.15) is 13.2 Å². The van der Waals surface area contributed by atoms with Crippen LogP contribution in [0.3, 0.4) is 0 Å². The molecule has 2 aliphatic rings. The molecule has 1 aliphatic heterocycles. The van der Waals surface area contributed by atoms with Crippen molar-refractivity contribution in [2.45, 2.75) is 51.1 Å². The van der Waals surface area contributed by atoms with E-state index < -0.39 is 11.7 Å². The van der Waals surface area contributed by atoms with E-state index in [0.29, 0.717) is 5.56 Å². The summed E-state index contributed by atoms with van der Waals surface area (Å²) >= 11 is 0. The van der Waals surface area contributed by atoms with Gasteiger partial charge >= 0.3 is 6.18 Å². The largest absolute Gasteiger partial charge is 0.416 e. The van der Waals surface area contributed by atoms with E-state index in [2.05, 4.69) is 29.2 Å². The van der Waals surface area contributed by atoms with Crippen LogP contribution in [0.2, 0.25) is 0 Å². The molecule has 154 valence electrons. The summed E-state index contributed by atoms with van der Waals surface area (Å²) in [6.07, 6.45) is 5.86. The molecule has 0 fully saturated rings. The predicted octanol–water partition coefficient (Wildman–Crippen LogP) is 6.31. The summed E-state index contributed by atoms with van der Waals surface area (Å²) < 4.78 is 38.8.